The first-order valence-electron chi connectivity index (χ1n) is 5.48. The molecule has 0 amide bonds. The van der Waals surface area contributed by atoms with Crippen molar-refractivity contribution in [2.45, 2.75) is 52.6 Å². The minimum absolute atomic E-state index is 0.0847. The third kappa shape index (κ3) is 2.94. The van der Waals surface area contributed by atoms with Crippen LogP contribution in [0.15, 0.2) is 0 Å². The molecule has 84 valence electrons. The number of hydrazine groups is 1. The van der Waals surface area contributed by atoms with Crippen LogP contribution in [0.1, 0.15) is 41.0 Å². The van der Waals surface area contributed by atoms with E-state index >= 15 is 0 Å². The van der Waals surface area contributed by atoms with Crippen molar-refractivity contribution < 1.29 is 0 Å². The van der Waals surface area contributed by atoms with Gasteiger partial charge in [0.05, 0.1) is 0 Å². The Morgan fingerprint density at radius 3 is 2.14 bits per heavy atom. The fourth-order valence-corrected chi connectivity index (χ4v) is 1.87. The van der Waals surface area contributed by atoms with Crippen molar-refractivity contribution >= 4 is 0 Å². The van der Waals surface area contributed by atoms with E-state index in [1.807, 2.05) is 0 Å². The van der Waals surface area contributed by atoms with Crippen molar-refractivity contribution in [3.63, 3.8) is 0 Å². The van der Waals surface area contributed by atoms with Gasteiger partial charge in [-0.05, 0) is 31.6 Å². The van der Waals surface area contributed by atoms with Crippen LogP contribution in [0.5, 0.6) is 0 Å². The molecule has 0 bridgehead atoms. The maximum atomic E-state index is 6.15. The van der Waals surface area contributed by atoms with Gasteiger partial charge in [0.2, 0.25) is 0 Å². The molecule has 0 aliphatic carbocycles. The van der Waals surface area contributed by atoms with Gasteiger partial charge in [-0.1, -0.05) is 20.8 Å². The Kier molecular flexibility index (Phi) is 3.24. The Morgan fingerprint density at radius 1 is 1.14 bits per heavy atom. The second kappa shape index (κ2) is 3.80. The summed E-state index contributed by atoms with van der Waals surface area (Å²) in [5.74, 6) is 0.549. The largest absolute Gasteiger partial charge is 0.325 e. The van der Waals surface area contributed by atoms with Crippen LogP contribution < -0.4 is 16.6 Å². The van der Waals surface area contributed by atoms with Gasteiger partial charge in [-0.25, -0.2) is 0 Å². The highest BCUT2D eigenvalue weighted by molar-refractivity contribution is 4.92. The van der Waals surface area contributed by atoms with Crippen LogP contribution in [0.4, 0.5) is 0 Å². The van der Waals surface area contributed by atoms with E-state index in [1.165, 1.54) is 0 Å². The molecule has 0 spiro atoms. The molecule has 0 radical (unpaired) electrons. The summed E-state index contributed by atoms with van der Waals surface area (Å²) < 4.78 is 0. The lowest BCUT2D eigenvalue weighted by atomic mass is 9.75. The average molecular weight is 199 g/mol. The number of hydrogen-bond donors (Lipinski definition) is 3. The van der Waals surface area contributed by atoms with Gasteiger partial charge >= 0.3 is 0 Å². The molecule has 0 aromatic heterocycles. The summed E-state index contributed by atoms with van der Waals surface area (Å²) in [5.41, 5.74) is 13.0. The monoisotopic (exact) mass is 199 g/mol. The van der Waals surface area contributed by atoms with Crippen molar-refractivity contribution in [1.82, 2.24) is 10.9 Å². The third-order valence-corrected chi connectivity index (χ3v) is 3.24. The van der Waals surface area contributed by atoms with E-state index in [9.17, 15) is 0 Å². The van der Waals surface area contributed by atoms with Crippen molar-refractivity contribution in [1.29, 1.82) is 0 Å². The maximum absolute atomic E-state index is 6.15. The van der Waals surface area contributed by atoms with Crippen LogP contribution in [-0.2, 0) is 0 Å². The minimum atomic E-state index is -0.0847. The Labute approximate surface area is 87.8 Å². The van der Waals surface area contributed by atoms with Crippen LogP contribution >= 0.6 is 0 Å². The molecule has 14 heavy (non-hydrogen) atoms. The summed E-state index contributed by atoms with van der Waals surface area (Å²) in [5, 5.41) is 0. The van der Waals surface area contributed by atoms with Gasteiger partial charge < -0.3 is 5.73 Å². The zero-order chi connectivity index (χ0) is 11.0. The maximum Gasteiger partial charge on any atom is 0.0265 e. The molecule has 4 N–H and O–H groups in total. The highest BCUT2D eigenvalue weighted by atomic mass is 15.4. The van der Waals surface area contributed by atoms with E-state index in [-0.39, 0.29) is 11.0 Å². The summed E-state index contributed by atoms with van der Waals surface area (Å²) in [6.45, 7) is 12.0. The van der Waals surface area contributed by atoms with E-state index in [0.717, 1.165) is 13.0 Å². The lowest BCUT2D eigenvalue weighted by Gasteiger charge is -2.43. The van der Waals surface area contributed by atoms with Crippen molar-refractivity contribution in [3.05, 3.63) is 0 Å². The first kappa shape index (κ1) is 12.0. The number of rotatable bonds is 1. The second-order valence-electron chi connectivity index (χ2n) is 6.20. The van der Waals surface area contributed by atoms with Gasteiger partial charge in [-0.2, -0.15) is 0 Å². The lowest BCUT2D eigenvalue weighted by Crippen LogP contribution is -2.60. The predicted molar refractivity (Wildman–Crippen MR) is 60.8 cm³/mol. The molecule has 0 aromatic carbocycles. The summed E-state index contributed by atoms with van der Waals surface area (Å²) in [6.07, 6.45) is 1.15. The van der Waals surface area contributed by atoms with Crippen LogP contribution in [0.2, 0.25) is 0 Å². The van der Waals surface area contributed by atoms with Crippen LogP contribution in [0, 0.1) is 11.3 Å². The molecule has 1 aliphatic heterocycles. The van der Waals surface area contributed by atoms with Gasteiger partial charge in [0, 0.05) is 18.1 Å². The Bertz CT molecular complexity index is 168. The normalized spacial score (nSPS) is 30.4. The van der Waals surface area contributed by atoms with E-state index in [2.05, 4.69) is 45.5 Å². The fraction of sp³-hybridized carbons (Fsp3) is 1.00. The topological polar surface area (TPSA) is 50.1 Å². The zero-order valence-corrected chi connectivity index (χ0v) is 10.1. The number of hydrogen-bond acceptors (Lipinski definition) is 3. The standard InChI is InChI=1S/C11H25N3/c1-10(2,3)9-6-8(7-13-14-9)11(4,5)12/h8-9,13-14H,6-7,12H2,1-5H3. The van der Waals surface area contributed by atoms with Crippen LogP contribution in [-0.4, -0.2) is 18.1 Å². The quantitative estimate of drug-likeness (QED) is 0.596. The Hall–Kier alpha value is -0.120. The molecule has 1 aliphatic rings. The first-order valence-corrected chi connectivity index (χ1v) is 5.48. The summed E-state index contributed by atoms with van der Waals surface area (Å²) >= 11 is 0. The molecule has 1 fully saturated rings. The molecule has 1 saturated heterocycles. The molecular weight excluding hydrogens is 174 g/mol. The third-order valence-electron chi connectivity index (χ3n) is 3.24. The molecule has 3 heteroatoms. The predicted octanol–water partition coefficient (Wildman–Crippen LogP) is 1.25. The smallest absolute Gasteiger partial charge is 0.0265 e. The van der Waals surface area contributed by atoms with E-state index in [4.69, 9.17) is 5.73 Å². The van der Waals surface area contributed by atoms with Crippen LogP contribution in [0.3, 0.4) is 0 Å². The Morgan fingerprint density at radius 2 is 1.71 bits per heavy atom. The van der Waals surface area contributed by atoms with Crippen molar-refractivity contribution in [3.8, 4) is 0 Å². The molecule has 2 unspecified atom stereocenters. The van der Waals surface area contributed by atoms with Gasteiger partial charge in [0.25, 0.3) is 0 Å². The molecule has 0 saturated carbocycles. The highest BCUT2D eigenvalue weighted by Gasteiger charge is 2.35. The minimum Gasteiger partial charge on any atom is -0.325 e. The molecule has 0 aromatic rings. The van der Waals surface area contributed by atoms with E-state index < -0.39 is 0 Å². The highest BCUT2D eigenvalue weighted by Crippen LogP contribution is 2.29. The van der Waals surface area contributed by atoms with Gasteiger partial charge in [-0.15, -0.1) is 0 Å². The summed E-state index contributed by atoms with van der Waals surface area (Å²) in [6, 6.07) is 0.504. The van der Waals surface area contributed by atoms with Gasteiger partial charge in [-0.3, -0.25) is 10.9 Å². The first-order chi connectivity index (χ1) is 6.21. The zero-order valence-electron chi connectivity index (χ0n) is 10.1. The fourth-order valence-electron chi connectivity index (χ4n) is 1.87. The van der Waals surface area contributed by atoms with Crippen molar-refractivity contribution in [2.24, 2.45) is 17.1 Å². The van der Waals surface area contributed by atoms with Crippen molar-refractivity contribution in [2.75, 3.05) is 6.54 Å². The average Bonchev–Trinajstić information content (AvgIpc) is 2.01. The van der Waals surface area contributed by atoms with Gasteiger partial charge in [0.1, 0.15) is 0 Å². The molecule has 3 nitrogen and oxygen atoms in total. The SMILES string of the molecule is CC(C)(C)C1CC(C(C)(C)N)CNN1. The van der Waals surface area contributed by atoms with Gasteiger partial charge in [0.15, 0.2) is 0 Å². The Balaban J connectivity index is 2.61. The van der Waals surface area contributed by atoms with Crippen LogP contribution in [0.25, 0.3) is 0 Å². The second-order valence-corrected chi connectivity index (χ2v) is 6.20. The number of nitrogens with two attached hydrogens (primary N) is 1. The molecule has 1 heterocycles. The van der Waals surface area contributed by atoms with E-state index in [1.54, 1.807) is 0 Å². The lowest BCUT2D eigenvalue weighted by molar-refractivity contribution is 0.126. The van der Waals surface area contributed by atoms with E-state index in [0.29, 0.717) is 12.0 Å². The summed E-state index contributed by atoms with van der Waals surface area (Å²) in [7, 11) is 0. The molecule has 1 rings (SSSR count). The molecular formula is C11H25N3. The molecule has 2 atom stereocenters. The summed E-state index contributed by atoms with van der Waals surface area (Å²) in [4.78, 5) is 0. The number of nitrogens with one attached hydrogen (secondary N) is 2.